The zero-order valence-electron chi connectivity index (χ0n) is 14.9. The van der Waals surface area contributed by atoms with Gasteiger partial charge in [-0.3, -0.25) is 14.4 Å². The van der Waals surface area contributed by atoms with Crippen LogP contribution in [0.2, 0.25) is 0 Å². The van der Waals surface area contributed by atoms with E-state index in [2.05, 4.69) is 24.3 Å². The predicted octanol–water partition coefficient (Wildman–Crippen LogP) is 3.75. The van der Waals surface area contributed by atoms with Gasteiger partial charge in [0.05, 0.1) is 23.7 Å². The zero-order chi connectivity index (χ0) is 18.5. The maximum absolute atomic E-state index is 13.3. The first-order valence-electron chi connectivity index (χ1n) is 10.0. The third kappa shape index (κ3) is 1.22. The van der Waals surface area contributed by atoms with E-state index in [1.165, 1.54) is 0 Å². The van der Waals surface area contributed by atoms with Crippen molar-refractivity contribution in [2.75, 3.05) is 0 Å². The molecule has 132 valence electrons. The summed E-state index contributed by atoms with van der Waals surface area (Å²) >= 11 is 0. The number of hydrogen-bond acceptors (Lipinski definition) is 3. The van der Waals surface area contributed by atoms with Gasteiger partial charge in [0, 0.05) is 11.1 Å². The van der Waals surface area contributed by atoms with Crippen molar-refractivity contribution in [3.8, 4) is 0 Å². The van der Waals surface area contributed by atoms with Crippen molar-refractivity contribution < 1.29 is 14.4 Å². The van der Waals surface area contributed by atoms with E-state index < -0.39 is 0 Å². The van der Waals surface area contributed by atoms with Crippen molar-refractivity contribution in [1.82, 2.24) is 0 Å². The molecule has 2 aromatic carbocycles. The molecule has 6 aliphatic carbocycles. The fourth-order valence-corrected chi connectivity index (χ4v) is 6.74. The second-order valence-electron chi connectivity index (χ2n) is 8.95. The van der Waals surface area contributed by atoms with E-state index in [0.717, 1.165) is 68.5 Å². The van der Waals surface area contributed by atoms with Crippen LogP contribution in [0.25, 0.3) is 11.1 Å². The van der Waals surface area contributed by atoms with E-state index in [0.29, 0.717) is 0 Å². The molecule has 8 rings (SSSR count). The Hall–Kier alpha value is -3.07. The molecule has 3 nitrogen and oxygen atoms in total. The van der Waals surface area contributed by atoms with Gasteiger partial charge in [0.15, 0.2) is 17.3 Å². The standard InChI is InChI=1S/C25H14O3/c26-23-9-1-2-10(23)14-6-18-17(5-13(9)14)21-19-7-15-11-3-4-12(24(11)27)16(15)8-20(19)22(18)25(21)28/h1,3,5-8,10,12,21-22H,2,4H2. The molecule has 0 amide bonds. The fraction of sp³-hybridized carbons (Fsp3) is 0.240. The van der Waals surface area contributed by atoms with E-state index >= 15 is 0 Å². The Morgan fingerprint density at radius 1 is 0.571 bits per heavy atom. The molecule has 0 fully saturated rings. The van der Waals surface area contributed by atoms with Crippen molar-refractivity contribution >= 4 is 28.5 Å². The van der Waals surface area contributed by atoms with Crippen molar-refractivity contribution in [2.24, 2.45) is 0 Å². The lowest BCUT2D eigenvalue weighted by molar-refractivity contribution is -0.118. The highest BCUT2D eigenvalue weighted by atomic mass is 16.1. The van der Waals surface area contributed by atoms with Gasteiger partial charge in [0.25, 0.3) is 0 Å². The number of fused-ring (bicyclic) bond motifs is 18. The molecule has 2 aromatic rings. The highest BCUT2D eigenvalue weighted by Gasteiger charge is 2.52. The van der Waals surface area contributed by atoms with Crippen molar-refractivity contribution in [3.63, 3.8) is 0 Å². The summed E-state index contributed by atoms with van der Waals surface area (Å²) in [6.07, 6.45) is 5.69. The molecular formula is C25H14O3. The van der Waals surface area contributed by atoms with E-state index in [4.69, 9.17) is 0 Å². The van der Waals surface area contributed by atoms with Gasteiger partial charge in [-0.25, -0.2) is 0 Å². The molecule has 0 heterocycles. The summed E-state index contributed by atoms with van der Waals surface area (Å²) in [4.78, 5) is 38.2. The van der Waals surface area contributed by atoms with Gasteiger partial charge in [0.2, 0.25) is 0 Å². The molecule has 0 saturated carbocycles. The quantitative estimate of drug-likeness (QED) is 0.717. The number of benzene rings is 2. The summed E-state index contributed by atoms with van der Waals surface area (Å²) in [5.74, 6) is 0.213. The van der Waals surface area contributed by atoms with E-state index in [-0.39, 0.29) is 41.0 Å². The summed E-state index contributed by atoms with van der Waals surface area (Å²) in [6, 6.07) is 8.52. The summed E-state index contributed by atoms with van der Waals surface area (Å²) < 4.78 is 0. The molecule has 0 saturated heterocycles. The summed E-state index contributed by atoms with van der Waals surface area (Å²) in [5, 5.41) is 0. The minimum atomic E-state index is -0.241. The van der Waals surface area contributed by atoms with E-state index in [1.54, 1.807) is 0 Å². The number of ketones is 3. The topological polar surface area (TPSA) is 51.2 Å². The van der Waals surface area contributed by atoms with Gasteiger partial charge in [-0.1, -0.05) is 24.3 Å². The number of carbonyl (C=O) groups excluding carboxylic acids is 3. The van der Waals surface area contributed by atoms with E-state index in [9.17, 15) is 14.4 Å². The normalized spacial score (nSPS) is 31.2. The minimum absolute atomic E-state index is 0.0377. The second kappa shape index (κ2) is 4.02. The average Bonchev–Trinajstić information content (AvgIpc) is 3.48. The molecule has 0 aromatic heterocycles. The third-order valence-corrected chi connectivity index (χ3v) is 7.93. The van der Waals surface area contributed by atoms with Crippen LogP contribution in [0.4, 0.5) is 0 Å². The molecule has 0 N–H and O–H groups in total. The Kier molecular flexibility index (Phi) is 2.01. The molecule has 28 heavy (non-hydrogen) atoms. The van der Waals surface area contributed by atoms with Crippen LogP contribution in [0.15, 0.2) is 36.4 Å². The molecule has 2 atom stereocenters. The Balaban J connectivity index is 1.38. The maximum atomic E-state index is 13.3. The largest absolute Gasteiger partial charge is 0.298 e. The SMILES string of the molecule is O=C1C2=CCC1c1cc3c(cc12)C1C(=O)C3c2cc3c(cc21)C1=CCC3C1=O. The maximum Gasteiger partial charge on any atom is 0.170 e. The number of hydrogen-bond donors (Lipinski definition) is 0. The first-order valence-corrected chi connectivity index (χ1v) is 10.0. The number of allylic oxidation sites excluding steroid dienone is 4. The average molecular weight is 362 g/mol. The Morgan fingerprint density at radius 2 is 1.00 bits per heavy atom. The van der Waals surface area contributed by atoms with Gasteiger partial charge in [0.1, 0.15) is 0 Å². The number of Topliss-reactive ketones (excluding diaryl/α,β-unsaturated/α-hetero) is 3. The van der Waals surface area contributed by atoms with Gasteiger partial charge in [-0.2, -0.15) is 0 Å². The monoisotopic (exact) mass is 362 g/mol. The predicted molar refractivity (Wildman–Crippen MR) is 102 cm³/mol. The Morgan fingerprint density at radius 3 is 1.46 bits per heavy atom. The van der Waals surface area contributed by atoms with Crippen LogP contribution < -0.4 is 0 Å². The van der Waals surface area contributed by atoms with Gasteiger partial charge >= 0.3 is 0 Å². The highest BCUT2D eigenvalue weighted by molar-refractivity contribution is 6.31. The number of carbonyl (C=O) groups is 3. The summed E-state index contributed by atoms with van der Waals surface area (Å²) in [6.45, 7) is 0. The third-order valence-electron chi connectivity index (χ3n) is 7.93. The van der Waals surface area contributed by atoms with Crippen LogP contribution in [0.1, 0.15) is 81.0 Å². The van der Waals surface area contributed by atoms with Crippen LogP contribution in [-0.2, 0) is 14.4 Å². The molecule has 0 radical (unpaired) electrons. The van der Waals surface area contributed by atoms with Crippen LogP contribution in [0.5, 0.6) is 0 Å². The molecule has 0 aliphatic heterocycles. The molecule has 2 unspecified atom stereocenters. The highest BCUT2D eigenvalue weighted by Crippen LogP contribution is 2.59. The fourth-order valence-electron chi connectivity index (χ4n) is 6.74. The summed E-state index contributed by atoms with van der Waals surface area (Å²) in [7, 11) is 0. The van der Waals surface area contributed by atoms with E-state index in [1.807, 2.05) is 12.2 Å². The summed E-state index contributed by atoms with van der Waals surface area (Å²) in [5.41, 5.74) is 10.3. The Bertz CT molecular complexity index is 1240. The van der Waals surface area contributed by atoms with Gasteiger partial charge < -0.3 is 0 Å². The lowest BCUT2D eigenvalue weighted by Gasteiger charge is -2.22. The van der Waals surface area contributed by atoms with Crippen molar-refractivity contribution in [1.29, 1.82) is 0 Å². The smallest absolute Gasteiger partial charge is 0.170 e. The zero-order valence-corrected chi connectivity index (χ0v) is 14.9. The van der Waals surface area contributed by atoms with Crippen LogP contribution >= 0.6 is 0 Å². The van der Waals surface area contributed by atoms with Crippen LogP contribution in [0, 0.1) is 0 Å². The molecular weight excluding hydrogens is 348 g/mol. The molecule has 0 spiro atoms. The van der Waals surface area contributed by atoms with Crippen molar-refractivity contribution in [2.45, 2.75) is 36.5 Å². The first kappa shape index (κ1) is 14.0. The molecule has 6 aliphatic rings. The van der Waals surface area contributed by atoms with Crippen molar-refractivity contribution in [3.05, 3.63) is 80.9 Å². The molecule has 6 bridgehead atoms. The van der Waals surface area contributed by atoms with Gasteiger partial charge in [-0.05, 0) is 69.5 Å². The van der Waals surface area contributed by atoms with Gasteiger partial charge in [-0.15, -0.1) is 0 Å². The minimum Gasteiger partial charge on any atom is -0.298 e. The lowest BCUT2D eigenvalue weighted by atomic mass is 9.80. The Labute approximate surface area is 160 Å². The first-order chi connectivity index (χ1) is 13.6. The molecule has 3 heteroatoms. The van der Waals surface area contributed by atoms with Crippen LogP contribution in [0.3, 0.4) is 0 Å². The second-order valence-corrected chi connectivity index (χ2v) is 8.95. The lowest BCUT2D eigenvalue weighted by Crippen LogP contribution is -2.08. The number of rotatable bonds is 0. The van der Waals surface area contributed by atoms with Crippen LogP contribution in [-0.4, -0.2) is 17.3 Å².